The average molecular weight is 250 g/mol. The molecule has 0 heterocycles. The smallest absolute Gasteiger partial charge is 0.269 e. The molecule has 0 unspecified atom stereocenters. The highest BCUT2D eigenvalue weighted by atomic mass is 16.6. The first-order valence-corrected chi connectivity index (χ1v) is 6.29. The summed E-state index contributed by atoms with van der Waals surface area (Å²) >= 11 is 0. The van der Waals surface area contributed by atoms with Crippen LogP contribution in [0.3, 0.4) is 0 Å². The van der Waals surface area contributed by atoms with Gasteiger partial charge in [-0.1, -0.05) is 18.6 Å². The minimum absolute atomic E-state index is 0.130. The van der Waals surface area contributed by atoms with E-state index >= 15 is 0 Å². The molecule has 1 saturated carbocycles. The molecule has 98 valence electrons. The second kappa shape index (κ2) is 5.93. The molecule has 0 bridgehead atoms. The Bertz CT molecular complexity index is 418. The largest absolute Gasteiger partial charge is 0.395 e. The fraction of sp³-hybridized carbons (Fsp3) is 0.538. The third-order valence-electron chi connectivity index (χ3n) is 3.49. The van der Waals surface area contributed by atoms with E-state index in [0.29, 0.717) is 19.1 Å². The Morgan fingerprint density at radius 3 is 2.78 bits per heavy atom. The zero-order chi connectivity index (χ0) is 13.0. The summed E-state index contributed by atoms with van der Waals surface area (Å²) in [5.41, 5.74) is 1.06. The maximum absolute atomic E-state index is 10.7. The third kappa shape index (κ3) is 3.05. The standard InChI is InChI=1S/C13H18N2O3/c16-8-7-14(12-4-2-5-12)10-11-3-1-6-13(9-11)15(17)18/h1,3,6,9,12,16H,2,4-5,7-8,10H2. The summed E-state index contributed by atoms with van der Waals surface area (Å²) in [4.78, 5) is 12.6. The van der Waals surface area contributed by atoms with Gasteiger partial charge in [-0.2, -0.15) is 0 Å². The topological polar surface area (TPSA) is 66.6 Å². The number of rotatable bonds is 6. The van der Waals surface area contributed by atoms with Gasteiger partial charge in [0, 0.05) is 31.3 Å². The molecule has 18 heavy (non-hydrogen) atoms. The molecule has 2 rings (SSSR count). The number of hydrogen-bond donors (Lipinski definition) is 1. The highest BCUT2D eigenvalue weighted by Crippen LogP contribution is 2.26. The molecule has 1 aliphatic carbocycles. The highest BCUT2D eigenvalue weighted by Gasteiger charge is 2.24. The Morgan fingerprint density at radius 1 is 1.44 bits per heavy atom. The molecule has 0 aromatic heterocycles. The van der Waals surface area contributed by atoms with Crippen molar-refractivity contribution in [2.75, 3.05) is 13.2 Å². The molecule has 1 aliphatic rings. The lowest BCUT2D eigenvalue weighted by atomic mass is 9.91. The van der Waals surface area contributed by atoms with Gasteiger partial charge in [-0.25, -0.2) is 0 Å². The van der Waals surface area contributed by atoms with Gasteiger partial charge < -0.3 is 5.11 Å². The van der Waals surface area contributed by atoms with Crippen LogP contribution in [-0.2, 0) is 6.54 Å². The van der Waals surface area contributed by atoms with Crippen molar-refractivity contribution >= 4 is 5.69 Å². The molecule has 1 aromatic carbocycles. The van der Waals surface area contributed by atoms with Crippen molar-refractivity contribution in [2.45, 2.75) is 31.8 Å². The van der Waals surface area contributed by atoms with E-state index in [4.69, 9.17) is 5.11 Å². The minimum atomic E-state index is -0.372. The molecule has 1 fully saturated rings. The predicted molar refractivity (Wildman–Crippen MR) is 68.2 cm³/mol. The molecule has 0 atom stereocenters. The van der Waals surface area contributed by atoms with E-state index in [1.54, 1.807) is 12.1 Å². The Hall–Kier alpha value is -1.46. The first kappa shape index (κ1) is 13.0. The van der Waals surface area contributed by atoms with E-state index in [1.807, 2.05) is 6.07 Å². The van der Waals surface area contributed by atoms with Crippen LogP contribution in [0.1, 0.15) is 24.8 Å². The quantitative estimate of drug-likeness (QED) is 0.619. The van der Waals surface area contributed by atoms with Gasteiger partial charge in [0.25, 0.3) is 5.69 Å². The number of aliphatic hydroxyl groups is 1. The molecular formula is C13H18N2O3. The van der Waals surface area contributed by atoms with Gasteiger partial charge in [-0.05, 0) is 18.4 Å². The SMILES string of the molecule is O=[N+]([O-])c1cccc(CN(CCO)C2CCC2)c1. The van der Waals surface area contributed by atoms with Crippen LogP contribution in [0.4, 0.5) is 5.69 Å². The Balaban J connectivity index is 2.05. The number of benzene rings is 1. The minimum Gasteiger partial charge on any atom is -0.395 e. The van der Waals surface area contributed by atoms with Crippen LogP contribution in [0.25, 0.3) is 0 Å². The number of non-ortho nitro benzene ring substituents is 1. The van der Waals surface area contributed by atoms with Crippen molar-refractivity contribution in [3.8, 4) is 0 Å². The van der Waals surface area contributed by atoms with Gasteiger partial charge in [-0.3, -0.25) is 15.0 Å². The Morgan fingerprint density at radius 2 is 2.22 bits per heavy atom. The summed E-state index contributed by atoms with van der Waals surface area (Å²) in [5.74, 6) is 0. The van der Waals surface area contributed by atoms with Gasteiger partial charge >= 0.3 is 0 Å². The first-order valence-electron chi connectivity index (χ1n) is 6.29. The molecular weight excluding hydrogens is 232 g/mol. The lowest BCUT2D eigenvalue weighted by Gasteiger charge is -2.37. The van der Waals surface area contributed by atoms with Gasteiger partial charge in [0.15, 0.2) is 0 Å². The van der Waals surface area contributed by atoms with Crippen molar-refractivity contribution < 1.29 is 10.0 Å². The van der Waals surface area contributed by atoms with Crippen LogP contribution in [0.15, 0.2) is 24.3 Å². The molecule has 0 spiro atoms. The predicted octanol–water partition coefficient (Wildman–Crippen LogP) is 1.94. The lowest BCUT2D eigenvalue weighted by Crippen LogP contribution is -2.41. The monoisotopic (exact) mass is 250 g/mol. The third-order valence-corrected chi connectivity index (χ3v) is 3.49. The summed E-state index contributed by atoms with van der Waals surface area (Å²) in [5, 5.41) is 19.8. The van der Waals surface area contributed by atoms with Gasteiger partial charge in [-0.15, -0.1) is 0 Å². The maximum Gasteiger partial charge on any atom is 0.269 e. The van der Waals surface area contributed by atoms with Crippen LogP contribution in [0.5, 0.6) is 0 Å². The molecule has 0 saturated heterocycles. The van der Waals surface area contributed by atoms with Gasteiger partial charge in [0.05, 0.1) is 11.5 Å². The molecule has 0 amide bonds. The van der Waals surface area contributed by atoms with Crippen LogP contribution in [-0.4, -0.2) is 34.1 Å². The van der Waals surface area contributed by atoms with Crippen molar-refractivity contribution in [2.24, 2.45) is 0 Å². The highest BCUT2D eigenvalue weighted by molar-refractivity contribution is 5.34. The number of nitrogens with zero attached hydrogens (tertiary/aromatic N) is 2. The Kier molecular flexibility index (Phi) is 4.28. The molecule has 1 aromatic rings. The Labute approximate surface area is 106 Å². The van der Waals surface area contributed by atoms with Crippen molar-refractivity contribution in [3.63, 3.8) is 0 Å². The molecule has 5 nitrogen and oxygen atoms in total. The van der Waals surface area contributed by atoms with E-state index in [1.165, 1.54) is 12.5 Å². The first-order chi connectivity index (χ1) is 8.70. The van der Waals surface area contributed by atoms with E-state index in [9.17, 15) is 10.1 Å². The number of nitro benzene ring substituents is 1. The number of hydrogen-bond acceptors (Lipinski definition) is 4. The van der Waals surface area contributed by atoms with E-state index in [0.717, 1.165) is 18.4 Å². The van der Waals surface area contributed by atoms with Gasteiger partial charge in [0.2, 0.25) is 0 Å². The number of aliphatic hydroxyl groups excluding tert-OH is 1. The van der Waals surface area contributed by atoms with E-state index < -0.39 is 0 Å². The summed E-state index contributed by atoms with van der Waals surface area (Å²) in [6, 6.07) is 7.25. The maximum atomic E-state index is 10.7. The fourth-order valence-electron chi connectivity index (χ4n) is 2.27. The number of nitro groups is 1. The molecule has 0 aliphatic heterocycles. The van der Waals surface area contributed by atoms with Gasteiger partial charge in [0.1, 0.15) is 0 Å². The van der Waals surface area contributed by atoms with E-state index in [2.05, 4.69) is 4.90 Å². The van der Waals surface area contributed by atoms with Crippen LogP contribution in [0.2, 0.25) is 0 Å². The summed E-state index contributed by atoms with van der Waals surface area (Å²) in [6.07, 6.45) is 3.56. The normalized spacial score (nSPS) is 15.7. The second-order valence-corrected chi connectivity index (χ2v) is 4.71. The lowest BCUT2D eigenvalue weighted by molar-refractivity contribution is -0.384. The van der Waals surface area contributed by atoms with Crippen LogP contribution < -0.4 is 0 Å². The van der Waals surface area contributed by atoms with E-state index in [-0.39, 0.29) is 17.2 Å². The summed E-state index contributed by atoms with van der Waals surface area (Å²) < 4.78 is 0. The summed E-state index contributed by atoms with van der Waals surface area (Å²) in [7, 11) is 0. The molecule has 1 N–H and O–H groups in total. The zero-order valence-corrected chi connectivity index (χ0v) is 10.3. The van der Waals surface area contributed by atoms with Crippen molar-refractivity contribution in [1.82, 2.24) is 4.90 Å². The molecule has 5 heteroatoms. The van der Waals surface area contributed by atoms with Crippen LogP contribution in [0, 0.1) is 10.1 Å². The fourth-order valence-corrected chi connectivity index (χ4v) is 2.27. The van der Waals surface area contributed by atoms with Crippen LogP contribution >= 0.6 is 0 Å². The second-order valence-electron chi connectivity index (χ2n) is 4.71. The van der Waals surface area contributed by atoms with Crippen molar-refractivity contribution in [1.29, 1.82) is 0 Å². The average Bonchev–Trinajstić information content (AvgIpc) is 2.27. The van der Waals surface area contributed by atoms with Crippen molar-refractivity contribution in [3.05, 3.63) is 39.9 Å². The summed E-state index contributed by atoms with van der Waals surface area (Å²) in [6.45, 7) is 1.44. The molecule has 0 radical (unpaired) electrons. The zero-order valence-electron chi connectivity index (χ0n) is 10.3.